The van der Waals surface area contributed by atoms with Gasteiger partial charge in [0.15, 0.2) is 23.0 Å². The lowest BCUT2D eigenvalue weighted by Gasteiger charge is -2.25. The van der Waals surface area contributed by atoms with Gasteiger partial charge < -0.3 is 39.4 Å². The van der Waals surface area contributed by atoms with Crippen molar-refractivity contribution in [3.63, 3.8) is 0 Å². The number of carbonyl (C=O) groups is 2. The standard InChI is InChI=1S/C44H45N5O8/c1-27-14-40(54-4)42(21-36(27)46-23-34-19-32-11-6-8-12-38(32)47(34)26-50)56-24-29-16-30(18-33(17-29)49(52)53)25-57-43-22-37(45-3)35(20-41(43)55-5)44(51)48-28(2)15-31-10-7-9-13-39(31)48/h6-14,16-18,20-22,26,28,34,45-46H,15,19,23-25H2,1-5H3/t28-,34?/m1/s1. The van der Waals surface area contributed by atoms with Gasteiger partial charge in [0.05, 0.1) is 36.4 Å². The minimum Gasteiger partial charge on any atom is -0.493 e. The van der Waals surface area contributed by atoms with Crippen molar-refractivity contribution in [2.24, 2.45) is 0 Å². The van der Waals surface area contributed by atoms with Crippen molar-refractivity contribution in [1.29, 1.82) is 0 Å². The molecule has 13 heteroatoms. The Morgan fingerprint density at radius 1 is 0.825 bits per heavy atom. The molecule has 2 amide bonds. The van der Waals surface area contributed by atoms with E-state index in [-0.39, 0.29) is 36.9 Å². The minimum absolute atomic E-state index is 0.00643. The highest BCUT2D eigenvalue weighted by atomic mass is 16.6. The summed E-state index contributed by atoms with van der Waals surface area (Å²) in [5, 5.41) is 18.6. The molecule has 13 nitrogen and oxygen atoms in total. The summed E-state index contributed by atoms with van der Waals surface area (Å²) in [5.41, 5.74) is 7.73. The van der Waals surface area contributed by atoms with Gasteiger partial charge in [-0.3, -0.25) is 19.7 Å². The lowest BCUT2D eigenvalue weighted by Crippen LogP contribution is -2.36. The Balaban J connectivity index is 1.07. The van der Waals surface area contributed by atoms with Crippen LogP contribution in [0.4, 0.5) is 28.4 Å². The fraction of sp³-hybridized carbons (Fsp3) is 0.273. The number of benzene rings is 5. The molecular formula is C44H45N5O8. The summed E-state index contributed by atoms with van der Waals surface area (Å²) in [6.07, 6.45) is 2.37. The van der Waals surface area contributed by atoms with Crippen molar-refractivity contribution in [2.75, 3.05) is 48.2 Å². The molecule has 2 heterocycles. The molecule has 0 fully saturated rings. The number of hydrogen-bond donors (Lipinski definition) is 2. The van der Waals surface area contributed by atoms with E-state index in [1.165, 1.54) is 19.2 Å². The predicted octanol–water partition coefficient (Wildman–Crippen LogP) is 7.71. The van der Waals surface area contributed by atoms with Gasteiger partial charge in [0.2, 0.25) is 6.41 Å². The summed E-state index contributed by atoms with van der Waals surface area (Å²) < 4.78 is 23.8. The van der Waals surface area contributed by atoms with Crippen molar-refractivity contribution in [3.05, 3.63) is 134 Å². The number of anilines is 4. The van der Waals surface area contributed by atoms with Crippen LogP contribution < -0.4 is 39.4 Å². The summed E-state index contributed by atoms with van der Waals surface area (Å²) in [6, 6.07) is 27.5. The maximum absolute atomic E-state index is 14.0. The van der Waals surface area contributed by atoms with Crippen LogP contribution in [0.5, 0.6) is 23.0 Å². The second-order valence-corrected chi connectivity index (χ2v) is 14.2. The quantitative estimate of drug-likeness (QED) is 0.0617. The van der Waals surface area contributed by atoms with E-state index in [1.54, 1.807) is 42.2 Å². The zero-order chi connectivity index (χ0) is 40.2. The van der Waals surface area contributed by atoms with Crippen LogP contribution in [-0.4, -0.2) is 57.1 Å². The molecular weight excluding hydrogens is 727 g/mol. The number of fused-ring (bicyclic) bond motifs is 2. The van der Waals surface area contributed by atoms with Crippen molar-refractivity contribution in [2.45, 2.75) is 52.0 Å². The normalized spacial score (nSPS) is 15.4. The van der Waals surface area contributed by atoms with Crippen molar-refractivity contribution in [1.82, 2.24) is 0 Å². The number of non-ortho nitro benzene ring substituents is 1. The van der Waals surface area contributed by atoms with E-state index in [4.69, 9.17) is 18.9 Å². The molecule has 0 saturated carbocycles. The molecule has 2 atom stereocenters. The van der Waals surface area contributed by atoms with E-state index in [0.29, 0.717) is 51.9 Å². The van der Waals surface area contributed by atoms with Gasteiger partial charge >= 0.3 is 0 Å². The number of amides is 2. The molecule has 0 aromatic heterocycles. The molecule has 2 aliphatic rings. The van der Waals surface area contributed by atoms with Gasteiger partial charge in [-0.15, -0.1) is 0 Å². The Morgan fingerprint density at radius 2 is 1.42 bits per heavy atom. The maximum Gasteiger partial charge on any atom is 0.270 e. The van der Waals surface area contributed by atoms with Crippen LogP contribution in [0.2, 0.25) is 0 Å². The van der Waals surface area contributed by atoms with Crippen LogP contribution in [0, 0.1) is 17.0 Å². The first-order chi connectivity index (χ1) is 27.6. The molecule has 294 valence electrons. The number of nitro benzene ring substituents is 1. The van der Waals surface area contributed by atoms with Crippen LogP contribution in [0.1, 0.15) is 45.1 Å². The number of carbonyl (C=O) groups excluding carboxylic acids is 2. The largest absolute Gasteiger partial charge is 0.493 e. The van der Waals surface area contributed by atoms with Crippen molar-refractivity contribution < 1.29 is 33.5 Å². The average molecular weight is 772 g/mol. The summed E-state index contributed by atoms with van der Waals surface area (Å²) in [7, 11) is 4.78. The molecule has 2 N–H and O–H groups in total. The first-order valence-corrected chi connectivity index (χ1v) is 18.7. The van der Waals surface area contributed by atoms with Gasteiger partial charge in [0, 0.05) is 61.0 Å². The molecule has 2 aliphatic heterocycles. The molecule has 5 aromatic rings. The van der Waals surface area contributed by atoms with Crippen molar-refractivity contribution in [3.8, 4) is 23.0 Å². The summed E-state index contributed by atoms with van der Waals surface area (Å²) >= 11 is 0. The third-order valence-corrected chi connectivity index (χ3v) is 10.5. The molecule has 5 aromatic carbocycles. The number of rotatable bonds is 15. The molecule has 7 rings (SSSR count). The molecule has 0 spiro atoms. The number of aryl methyl sites for hydroxylation is 1. The predicted molar refractivity (Wildman–Crippen MR) is 219 cm³/mol. The summed E-state index contributed by atoms with van der Waals surface area (Å²) in [4.78, 5) is 41.1. The Labute approximate surface area is 331 Å². The molecule has 0 bridgehead atoms. The van der Waals surface area contributed by atoms with Crippen LogP contribution >= 0.6 is 0 Å². The Bertz CT molecular complexity index is 2330. The molecule has 1 unspecified atom stereocenters. The maximum atomic E-state index is 14.0. The number of nitrogens with one attached hydrogen (secondary N) is 2. The third-order valence-electron chi connectivity index (χ3n) is 10.5. The first kappa shape index (κ1) is 38.5. The lowest BCUT2D eigenvalue weighted by atomic mass is 10.1. The SMILES string of the molecule is CNc1cc(OCc2cc(COc3cc(NCC4Cc5ccccc5N4C=O)c(C)cc3OC)cc([N+](=O)[O-])c2)c(OC)cc1C(=O)N1c2ccccc2C[C@H]1C. The number of nitro groups is 1. The van der Waals surface area contributed by atoms with Gasteiger partial charge in [0.25, 0.3) is 11.6 Å². The van der Waals surface area contributed by atoms with Crippen LogP contribution in [0.3, 0.4) is 0 Å². The van der Waals surface area contributed by atoms with E-state index >= 15 is 0 Å². The Hall–Kier alpha value is -6.76. The Morgan fingerprint density at radius 3 is 2.04 bits per heavy atom. The zero-order valence-corrected chi connectivity index (χ0v) is 32.5. The molecule has 0 radical (unpaired) electrons. The third kappa shape index (κ3) is 7.86. The molecule has 57 heavy (non-hydrogen) atoms. The van der Waals surface area contributed by atoms with E-state index in [0.717, 1.165) is 53.0 Å². The van der Waals surface area contributed by atoms with Crippen LogP contribution in [-0.2, 0) is 30.8 Å². The topological polar surface area (TPSA) is 145 Å². The zero-order valence-electron chi connectivity index (χ0n) is 32.5. The van der Waals surface area contributed by atoms with Gasteiger partial charge in [-0.2, -0.15) is 0 Å². The van der Waals surface area contributed by atoms with Crippen molar-refractivity contribution >= 4 is 40.8 Å². The molecule has 0 aliphatic carbocycles. The number of para-hydroxylation sites is 2. The van der Waals surface area contributed by atoms with Crippen LogP contribution in [0.15, 0.2) is 91.0 Å². The number of methoxy groups -OCH3 is 2. The highest BCUT2D eigenvalue weighted by Gasteiger charge is 2.33. The Kier molecular flexibility index (Phi) is 11.2. The second kappa shape index (κ2) is 16.5. The van der Waals surface area contributed by atoms with Gasteiger partial charge in [-0.05, 0) is 84.8 Å². The monoisotopic (exact) mass is 771 g/mol. The first-order valence-electron chi connectivity index (χ1n) is 18.7. The number of nitrogens with zero attached hydrogens (tertiary/aromatic N) is 3. The smallest absolute Gasteiger partial charge is 0.270 e. The average Bonchev–Trinajstić information content (AvgIpc) is 3.76. The van der Waals surface area contributed by atoms with E-state index in [1.807, 2.05) is 74.5 Å². The fourth-order valence-electron chi connectivity index (χ4n) is 7.71. The summed E-state index contributed by atoms with van der Waals surface area (Å²) in [5.74, 6) is 1.50. The molecule has 0 saturated heterocycles. The van der Waals surface area contributed by atoms with E-state index in [9.17, 15) is 19.7 Å². The fourth-order valence-corrected chi connectivity index (χ4v) is 7.71. The highest BCUT2D eigenvalue weighted by molar-refractivity contribution is 6.11. The number of hydrogen-bond acceptors (Lipinski definition) is 10. The number of ether oxygens (including phenoxy) is 4. The van der Waals surface area contributed by atoms with Crippen LogP contribution in [0.25, 0.3) is 0 Å². The van der Waals surface area contributed by atoms with E-state index < -0.39 is 4.92 Å². The van der Waals surface area contributed by atoms with E-state index in [2.05, 4.69) is 10.6 Å². The second-order valence-electron chi connectivity index (χ2n) is 14.2. The summed E-state index contributed by atoms with van der Waals surface area (Å²) in [6.45, 7) is 4.47. The highest BCUT2D eigenvalue weighted by Crippen LogP contribution is 2.39. The van der Waals surface area contributed by atoms with Gasteiger partial charge in [-0.1, -0.05) is 36.4 Å². The van der Waals surface area contributed by atoms with Gasteiger partial charge in [-0.25, -0.2) is 0 Å². The minimum atomic E-state index is -0.455. The van der Waals surface area contributed by atoms with Gasteiger partial charge in [0.1, 0.15) is 13.2 Å². The lowest BCUT2D eigenvalue weighted by molar-refractivity contribution is -0.385.